The van der Waals surface area contributed by atoms with E-state index in [4.69, 9.17) is 39.5 Å². The van der Waals surface area contributed by atoms with Crippen molar-refractivity contribution in [3.8, 4) is 11.5 Å². The van der Waals surface area contributed by atoms with Crippen molar-refractivity contribution in [1.82, 2.24) is 4.90 Å². The van der Waals surface area contributed by atoms with E-state index in [9.17, 15) is 4.79 Å². The molecule has 1 amide bonds. The number of ether oxygens (including phenoxy) is 1. The van der Waals surface area contributed by atoms with Gasteiger partial charge in [-0.25, -0.2) is 0 Å². The number of anilines is 1. The predicted octanol–water partition coefficient (Wildman–Crippen LogP) is 6.51. The second kappa shape index (κ2) is 9.99. The van der Waals surface area contributed by atoms with Crippen LogP contribution in [0, 0.1) is 0 Å². The van der Waals surface area contributed by atoms with Crippen molar-refractivity contribution in [3.63, 3.8) is 0 Å². The summed E-state index contributed by atoms with van der Waals surface area (Å²) in [4.78, 5) is 14.4. The number of rotatable bonds is 7. The molecular formula is C22H19Cl3N2O2. The molecule has 1 N–H and O–H groups in total. The Morgan fingerprint density at radius 1 is 0.966 bits per heavy atom. The fourth-order valence-electron chi connectivity index (χ4n) is 2.74. The number of halogens is 3. The van der Waals surface area contributed by atoms with Crippen LogP contribution in [0.25, 0.3) is 0 Å². The second-order valence-corrected chi connectivity index (χ2v) is 7.78. The molecule has 3 aromatic rings. The molecule has 7 heteroatoms. The smallest absolute Gasteiger partial charge is 0.238 e. The lowest BCUT2D eigenvalue weighted by Gasteiger charge is -2.18. The zero-order valence-electron chi connectivity index (χ0n) is 15.7. The van der Waals surface area contributed by atoms with Crippen LogP contribution < -0.4 is 10.1 Å². The third-order valence-electron chi connectivity index (χ3n) is 4.04. The molecule has 0 saturated heterocycles. The van der Waals surface area contributed by atoms with Gasteiger partial charge in [-0.3, -0.25) is 9.69 Å². The first-order valence-corrected chi connectivity index (χ1v) is 9.99. The standard InChI is InChI=1S/C22H19Cl3N2O2/c1-27(13-15-7-9-18(24)19(25)11-15)14-22(28)26-20-12-16(23)8-10-21(20)29-17-5-3-2-4-6-17/h2-12H,13-14H2,1H3,(H,26,28). The number of para-hydroxylation sites is 1. The number of benzene rings is 3. The number of carbonyl (C=O) groups is 1. The Labute approximate surface area is 184 Å². The fourth-order valence-corrected chi connectivity index (χ4v) is 3.24. The molecule has 0 saturated carbocycles. The molecule has 0 fully saturated rings. The highest BCUT2D eigenvalue weighted by Gasteiger charge is 2.13. The summed E-state index contributed by atoms with van der Waals surface area (Å²) in [5.74, 6) is 0.996. The fraction of sp³-hybridized carbons (Fsp3) is 0.136. The van der Waals surface area contributed by atoms with Gasteiger partial charge in [-0.1, -0.05) is 59.1 Å². The second-order valence-electron chi connectivity index (χ2n) is 6.52. The summed E-state index contributed by atoms with van der Waals surface area (Å²) in [5, 5.41) is 4.37. The minimum Gasteiger partial charge on any atom is -0.455 e. The first kappa shape index (κ1) is 21.5. The SMILES string of the molecule is CN(CC(=O)Nc1cc(Cl)ccc1Oc1ccccc1)Cc1ccc(Cl)c(Cl)c1. The first-order chi connectivity index (χ1) is 13.9. The van der Waals surface area contributed by atoms with Gasteiger partial charge in [-0.15, -0.1) is 0 Å². The molecular weight excluding hydrogens is 431 g/mol. The van der Waals surface area contributed by atoms with E-state index in [-0.39, 0.29) is 12.5 Å². The number of amides is 1. The Hall–Kier alpha value is -2.24. The third kappa shape index (κ3) is 6.38. The van der Waals surface area contributed by atoms with Crippen LogP contribution >= 0.6 is 34.8 Å². The quantitative estimate of drug-likeness (QED) is 0.447. The minimum absolute atomic E-state index is 0.178. The van der Waals surface area contributed by atoms with Crippen LogP contribution in [0.4, 0.5) is 5.69 Å². The van der Waals surface area contributed by atoms with Gasteiger partial charge in [-0.2, -0.15) is 0 Å². The monoisotopic (exact) mass is 448 g/mol. The van der Waals surface area contributed by atoms with Crippen LogP contribution in [0.15, 0.2) is 66.7 Å². The van der Waals surface area contributed by atoms with Gasteiger partial charge < -0.3 is 10.1 Å². The van der Waals surface area contributed by atoms with E-state index >= 15 is 0 Å². The molecule has 0 heterocycles. The lowest BCUT2D eigenvalue weighted by Crippen LogP contribution is -2.29. The van der Waals surface area contributed by atoms with Gasteiger partial charge in [0.2, 0.25) is 5.91 Å². The van der Waals surface area contributed by atoms with Crippen LogP contribution in [0.5, 0.6) is 11.5 Å². The molecule has 0 bridgehead atoms. The molecule has 0 aliphatic carbocycles. The molecule has 3 rings (SSSR count). The van der Waals surface area contributed by atoms with Gasteiger partial charge in [0.05, 0.1) is 22.3 Å². The van der Waals surface area contributed by atoms with Crippen LogP contribution in [-0.2, 0) is 11.3 Å². The Morgan fingerprint density at radius 3 is 2.45 bits per heavy atom. The summed E-state index contributed by atoms with van der Waals surface area (Å²) in [7, 11) is 1.85. The molecule has 3 aromatic carbocycles. The van der Waals surface area contributed by atoms with E-state index in [2.05, 4.69) is 5.32 Å². The number of nitrogens with zero attached hydrogens (tertiary/aromatic N) is 1. The van der Waals surface area contributed by atoms with Crippen LogP contribution in [-0.4, -0.2) is 24.4 Å². The third-order valence-corrected chi connectivity index (χ3v) is 5.01. The molecule has 0 unspecified atom stereocenters. The maximum absolute atomic E-state index is 12.6. The Kier molecular flexibility index (Phi) is 7.40. The molecule has 0 radical (unpaired) electrons. The van der Waals surface area contributed by atoms with E-state index < -0.39 is 0 Å². The zero-order chi connectivity index (χ0) is 20.8. The molecule has 0 atom stereocenters. The van der Waals surface area contributed by atoms with Gasteiger partial charge in [0.15, 0.2) is 5.75 Å². The summed E-state index contributed by atoms with van der Waals surface area (Å²) in [6.45, 7) is 0.727. The number of hydrogen-bond donors (Lipinski definition) is 1. The van der Waals surface area contributed by atoms with E-state index in [0.717, 1.165) is 5.56 Å². The van der Waals surface area contributed by atoms with Crippen molar-refractivity contribution < 1.29 is 9.53 Å². The summed E-state index contributed by atoms with van der Waals surface area (Å²) < 4.78 is 5.88. The van der Waals surface area contributed by atoms with Crippen molar-refractivity contribution in [2.24, 2.45) is 0 Å². The molecule has 150 valence electrons. The number of nitrogens with one attached hydrogen (secondary N) is 1. The molecule has 0 spiro atoms. The maximum Gasteiger partial charge on any atom is 0.238 e. The predicted molar refractivity (Wildman–Crippen MR) is 119 cm³/mol. The van der Waals surface area contributed by atoms with Crippen molar-refractivity contribution in [2.45, 2.75) is 6.54 Å². The van der Waals surface area contributed by atoms with Crippen LogP contribution in [0.2, 0.25) is 15.1 Å². The van der Waals surface area contributed by atoms with Gasteiger partial charge in [0, 0.05) is 11.6 Å². The lowest BCUT2D eigenvalue weighted by molar-refractivity contribution is -0.117. The van der Waals surface area contributed by atoms with Crippen molar-refractivity contribution in [3.05, 3.63) is 87.4 Å². The van der Waals surface area contributed by atoms with Gasteiger partial charge in [-0.05, 0) is 55.1 Å². The summed E-state index contributed by atoms with van der Waals surface area (Å²) >= 11 is 18.1. The highest BCUT2D eigenvalue weighted by atomic mass is 35.5. The Bertz CT molecular complexity index is 997. The number of likely N-dealkylation sites (N-methyl/N-ethyl adjacent to an activating group) is 1. The van der Waals surface area contributed by atoms with Gasteiger partial charge in [0.25, 0.3) is 0 Å². The van der Waals surface area contributed by atoms with Crippen molar-refractivity contribution in [1.29, 1.82) is 0 Å². The molecule has 4 nitrogen and oxygen atoms in total. The van der Waals surface area contributed by atoms with E-state index in [1.54, 1.807) is 30.3 Å². The molecule has 0 aliphatic rings. The molecule has 0 aromatic heterocycles. The summed E-state index contributed by atoms with van der Waals surface area (Å²) in [6, 6.07) is 19.9. The van der Waals surface area contributed by atoms with Crippen LogP contribution in [0.1, 0.15) is 5.56 Å². The average molecular weight is 450 g/mol. The largest absolute Gasteiger partial charge is 0.455 e. The van der Waals surface area contributed by atoms with Gasteiger partial charge >= 0.3 is 0 Å². The summed E-state index contributed by atoms with van der Waals surface area (Å²) in [5.41, 5.74) is 1.47. The van der Waals surface area contributed by atoms with Crippen molar-refractivity contribution in [2.75, 3.05) is 18.9 Å². The highest BCUT2D eigenvalue weighted by molar-refractivity contribution is 6.42. The zero-order valence-corrected chi connectivity index (χ0v) is 17.9. The van der Waals surface area contributed by atoms with Crippen LogP contribution in [0.3, 0.4) is 0 Å². The van der Waals surface area contributed by atoms with Crippen molar-refractivity contribution >= 4 is 46.4 Å². The Morgan fingerprint density at radius 2 is 1.72 bits per heavy atom. The molecule has 29 heavy (non-hydrogen) atoms. The minimum atomic E-state index is -0.187. The van der Waals surface area contributed by atoms with Gasteiger partial charge in [0.1, 0.15) is 5.75 Å². The Balaban J connectivity index is 1.65. The normalized spacial score (nSPS) is 10.8. The lowest BCUT2D eigenvalue weighted by atomic mass is 10.2. The number of hydrogen-bond acceptors (Lipinski definition) is 3. The topological polar surface area (TPSA) is 41.6 Å². The van der Waals surface area contributed by atoms with E-state index in [1.807, 2.05) is 48.3 Å². The maximum atomic E-state index is 12.6. The highest BCUT2D eigenvalue weighted by Crippen LogP contribution is 2.32. The summed E-state index contributed by atoms with van der Waals surface area (Å²) in [6.07, 6.45) is 0. The van der Waals surface area contributed by atoms with E-state index in [1.165, 1.54) is 0 Å². The van der Waals surface area contributed by atoms with E-state index in [0.29, 0.717) is 38.8 Å². The molecule has 0 aliphatic heterocycles. The first-order valence-electron chi connectivity index (χ1n) is 8.85. The average Bonchev–Trinajstić information content (AvgIpc) is 2.67. The number of carbonyl (C=O) groups excluding carboxylic acids is 1.